The number of carbonyl (C=O) groups is 1. The molecular formula is C26H26N6OS. The second-order valence-electron chi connectivity index (χ2n) is 8.94. The van der Waals surface area contributed by atoms with Gasteiger partial charge in [-0.25, -0.2) is 4.68 Å². The van der Waals surface area contributed by atoms with Gasteiger partial charge >= 0.3 is 0 Å². The van der Waals surface area contributed by atoms with Gasteiger partial charge in [0.1, 0.15) is 12.1 Å². The third kappa shape index (κ3) is 4.37. The maximum Gasteiger partial charge on any atom is 0.236 e. The van der Waals surface area contributed by atoms with Crippen molar-refractivity contribution in [3.8, 4) is 16.9 Å². The van der Waals surface area contributed by atoms with Crippen molar-refractivity contribution in [3.63, 3.8) is 0 Å². The standard InChI is InChI=1S/C26H26N6OS/c33-25(16-34-26-29-27-17-31(26)21-12-13-21)28-24-15-23(30-32(24)22-8-2-1-3-9-22)20-11-10-18-6-4-5-7-19(18)14-20/h1-3,8-11,14-15,17,21H,4-7,12-13,16H2,(H,28,33). The summed E-state index contributed by atoms with van der Waals surface area (Å²) in [6, 6.07) is 19.0. The van der Waals surface area contributed by atoms with E-state index in [1.54, 1.807) is 6.33 Å². The number of rotatable bonds is 7. The summed E-state index contributed by atoms with van der Waals surface area (Å²) in [6.45, 7) is 0. The van der Waals surface area contributed by atoms with E-state index in [-0.39, 0.29) is 11.7 Å². The number of amides is 1. The molecule has 1 N–H and O–H groups in total. The first kappa shape index (κ1) is 21.2. The Morgan fingerprint density at radius 2 is 1.85 bits per heavy atom. The highest BCUT2D eigenvalue weighted by Crippen LogP contribution is 2.37. The molecule has 6 rings (SSSR count). The fraction of sp³-hybridized carbons (Fsp3) is 0.308. The van der Waals surface area contributed by atoms with E-state index in [1.165, 1.54) is 35.7 Å². The molecule has 0 aliphatic heterocycles. The molecule has 2 aromatic heterocycles. The maximum atomic E-state index is 12.9. The summed E-state index contributed by atoms with van der Waals surface area (Å²) in [5, 5.41) is 16.9. The second-order valence-corrected chi connectivity index (χ2v) is 9.88. The lowest BCUT2D eigenvalue weighted by atomic mass is 9.90. The first-order chi connectivity index (χ1) is 16.7. The van der Waals surface area contributed by atoms with Crippen LogP contribution in [0.3, 0.4) is 0 Å². The largest absolute Gasteiger partial charge is 0.310 e. The molecule has 0 atom stereocenters. The molecule has 0 radical (unpaired) electrons. The number of carbonyl (C=O) groups excluding carboxylic acids is 1. The number of fused-ring (bicyclic) bond motifs is 1. The zero-order valence-corrected chi connectivity index (χ0v) is 19.7. The fourth-order valence-electron chi connectivity index (χ4n) is 4.52. The van der Waals surface area contributed by atoms with E-state index in [4.69, 9.17) is 5.10 Å². The van der Waals surface area contributed by atoms with E-state index in [2.05, 4.69) is 38.3 Å². The van der Waals surface area contributed by atoms with E-state index in [0.29, 0.717) is 11.9 Å². The van der Waals surface area contributed by atoms with Crippen molar-refractivity contribution in [2.75, 3.05) is 11.1 Å². The molecule has 2 aliphatic carbocycles. The molecule has 0 unspecified atom stereocenters. The summed E-state index contributed by atoms with van der Waals surface area (Å²) in [7, 11) is 0. The van der Waals surface area contributed by atoms with Crippen LogP contribution in [0.25, 0.3) is 16.9 Å². The zero-order chi connectivity index (χ0) is 22.9. The quantitative estimate of drug-likeness (QED) is 0.381. The summed E-state index contributed by atoms with van der Waals surface area (Å²) in [4.78, 5) is 12.9. The van der Waals surface area contributed by atoms with Crippen molar-refractivity contribution in [3.05, 3.63) is 72.1 Å². The molecule has 0 spiro atoms. The van der Waals surface area contributed by atoms with Gasteiger partial charge in [0.05, 0.1) is 17.1 Å². The Labute approximate surface area is 202 Å². The number of hydrogen-bond donors (Lipinski definition) is 1. The van der Waals surface area contributed by atoms with Crippen LogP contribution in [0.1, 0.15) is 42.9 Å². The average molecular weight is 471 g/mol. The molecule has 1 amide bonds. The number of aromatic nitrogens is 5. The third-order valence-corrected chi connectivity index (χ3v) is 7.39. The van der Waals surface area contributed by atoms with E-state index < -0.39 is 0 Å². The molecule has 172 valence electrons. The van der Waals surface area contributed by atoms with Gasteiger partial charge in [-0.2, -0.15) is 5.10 Å². The lowest BCUT2D eigenvalue weighted by Crippen LogP contribution is -2.17. The van der Waals surface area contributed by atoms with Crippen molar-refractivity contribution < 1.29 is 4.79 Å². The van der Waals surface area contributed by atoms with Crippen LogP contribution >= 0.6 is 11.8 Å². The topological polar surface area (TPSA) is 77.6 Å². The van der Waals surface area contributed by atoms with Crippen molar-refractivity contribution in [1.29, 1.82) is 0 Å². The van der Waals surface area contributed by atoms with E-state index in [1.807, 2.05) is 41.1 Å². The first-order valence-electron chi connectivity index (χ1n) is 11.8. The predicted molar refractivity (Wildman–Crippen MR) is 133 cm³/mol. The minimum Gasteiger partial charge on any atom is -0.310 e. The van der Waals surface area contributed by atoms with Crippen LogP contribution in [-0.4, -0.2) is 36.2 Å². The summed E-state index contributed by atoms with van der Waals surface area (Å²) in [5.41, 5.74) is 5.70. The van der Waals surface area contributed by atoms with Gasteiger partial charge in [-0.1, -0.05) is 42.1 Å². The van der Waals surface area contributed by atoms with Gasteiger partial charge in [-0.05, 0) is 67.9 Å². The Morgan fingerprint density at radius 1 is 1.03 bits per heavy atom. The van der Waals surface area contributed by atoms with Crippen molar-refractivity contribution in [2.24, 2.45) is 0 Å². The van der Waals surface area contributed by atoms with Crippen LogP contribution in [0.15, 0.2) is 66.1 Å². The van der Waals surface area contributed by atoms with Crippen LogP contribution in [0, 0.1) is 0 Å². The summed E-state index contributed by atoms with van der Waals surface area (Å²) in [6.07, 6.45) is 8.84. The van der Waals surface area contributed by atoms with Crippen LogP contribution in [-0.2, 0) is 17.6 Å². The van der Waals surface area contributed by atoms with Crippen molar-refractivity contribution in [1.82, 2.24) is 24.5 Å². The molecule has 8 heteroatoms. The highest BCUT2D eigenvalue weighted by atomic mass is 32.2. The van der Waals surface area contributed by atoms with Crippen molar-refractivity contribution in [2.45, 2.75) is 49.7 Å². The lowest BCUT2D eigenvalue weighted by molar-refractivity contribution is -0.113. The van der Waals surface area contributed by atoms with Crippen LogP contribution in [0.2, 0.25) is 0 Å². The fourth-order valence-corrected chi connectivity index (χ4v) is 5.30. The van der Waals surface area contributed by atoms with Gasteiger partial charge < -0.3 is 9.88 Å². The number of benzene rings is 2. The van der Waals surface area contributed by atoms with Crippen LogP contribution in [0.5, 0.6) is 0 Å². The molecule has 2 heterocycles. The Balaban J connectivity index is 1.25. The Hall–Kier alpha value is -3.39. The number of anilines is 1. The Kier molecular flexibility index (Phi) is 5.66. The maximum absolute atomic E-state index is 12.9. The van der Waals surface area contributed by atoms with Crippen molar-refractivity contribution >= 4 is 23.5 Å². The summed E-state index contributed by atoms with van der Waals surface area (Å²) < 4.78 is 3.88. The van der Waals surface area contributed by atoms with E-state index >= 15 is 0 Å². The Bertz CT molecular complexity index is 1320. The van der Waals surface area contributed by atoms with Gasteiger partial charge in [-0.15, -0.1) is 10.2 Å². The number of nitrogens with one attached hydrogen (secondary N) is 1. The molecule has 2 aliphatic rings. The van der Waals surface area contributed by atoms with Gasteiger partial charge in [0, 0.05) is 17.7 Å². The molecule has 7 nitrogen and oxygen atoms in total. The number of aryl methyl sites for hydroxylation is 2. The molecule has 1 saturated carbocycles. The van der Waals surface area contributed by atoms with Gasteiger partial charge in [0.15, 0.2) is 5.16 Å². The summed E-state index contributed by atoms with van der Waals surface area (Å²) >= 11 is 1.42. The minimum atomic E-state index is -0.0931. The third-order valence-electron chi connectivity index (χ3n) is 6.43. The number of thioether (sulfide) groups is 1. The SMILES string of the molecule is O=C(CSc1nncn1C1CC1)Nc1cc(-c2ccc3c(c2)CCCC3)nn1-c1ccccc1. The Morgan fingerprint density at radius 3 is 2.68 bits per heavy atom. The molecule has 2 aromatic carbocycles. The molecule has 0 saturated heterocycles. The van der Waals surface area contributed by atoms with Crippen LogP contribution < -0.4 is 5.32 Å². The molecular weight excluding hydrogens is 444 g/mol. The predicted octanol–water partition coefficient (Wildman–Crippen LogP) is 5.08. The highest BCUT2D eigenvalue weighted by Gasteiger charge is 2.26. The zero-order valence-electron chi connectivity index (χ0n) is 18.9. The van der Waals surface area contributed by atoms with E-state index in [0.717, 1.165) is 47.8 Å². The molecule has 0 bridgehead atoms. The average Bonchev–Trinajstić information content (AvgIpc) is 3.46. The lowest BCUT2D eigenvalue weighted by Gasteiger charge is -2.16. The number of nitrogens with zero attached hydrogens (tertiary/aromatic N) is 5. The molecule has 34 heavy (non-hydrogen) atoms. The summed E-state index contributed by atoms with van der Waals surface area (Å²) in [5.74, 6) is 0.831. The van der Waals surface area contributed by atoms with Gasteiger partial charge in [0.25, 0.3) is 0 Å². The minimum absolute atomic E-state index is 0.0931. The molecule has 4 aromatic rings. The van der Waals surface area contributed by atoms with Gasteiger partial charge in [0.2, 0.25) is 5.91 Å². The highest BCUT2D eigenvalue weighted by molar-refractivity contribution is 7.99. The second kappa shape index (κ2) is 9.10. The van der Waals surface area contributed by atoms with Crippen LogP contribution in [0.4, 0.5) is 5.82 Å². The van der Waals surface area contributed by atoms with E-state index in [9.17, 15) is 4.79 Å². The number of para-hydroxylation sites is 1. The first-order valence-corrected chi connectivity index (χ1v) is 12.8. The smallest absolute Gasteiger partial charge is 0.236 e. The van der Waals surface area contributed by atoms with Gasteiger partial charge in [-0.3, -0.25) is 4.79 Å². The number of hydrogen-bond acceptors (Lipinski definition) is 5. The normalized spacial score (nSPS) is 15.2. The molecule has 1 fully saturated rings. The monoisotopic (exact) mass is 470 g/mol.